The van der Waals surface area contributed by atoms with Gasteiger partial charge in [-0.05, 0) is 30.2 Å². The van der Waals surface area contributed by atoms with Crippen LogP contribution in [0.2, 0.25) is 0 Å². The zero-order valence-corrected chi connectivity index (χ0v) is 11.5. The highest BCUT2D eigenvalue weighted by atomic mass is 32.1. The molecule has 1 aromatic rings. The van der Waals surface area contributed by atoms with E-state index in [0.29, 0.717) is 13.2 Å². The molecule has 1 unspecified atom stereocenters. The van der Waals surface area contributed by atoms with Crippen molar-refractivity contribution < 1.29 is 9.84 Å². The molecule has 0 amide bonds. The molecule has 0 aliphatic rings. The van der Waals surface area contributed by atoms with E-state index in [2.05, 4.69) is 19.2 Å². The highest BCUT2D eigenvalue weighted by Crippen LogP contribution is 2.11. The summed E-state index contributed by atoms with van der Waals surface area (Å²) in [5.41, 5.74) is 1.06. The first-order chi connectivity index (χ1) is 8.18. The van der Waals surface area contributed by atoms with E-state index in [1.165, 1.54) is 6.42 Å². The molecule has 1 heterocycles. The number of thiophene rings is 1. The summed E-state index contributed by atoms with van der Waals surface area (Å²) in [6.07, 6.45) is 1.82. The van der Waals surface area contributed by atoms with Gasteiger partial charge in [0.2, 0.25) is 0 Å². The number of nitrogens with one attached hydrogen (secondary N) is 1. The molecule has 0 aliphatic heterocycles. The van der Waals surface area contributed by atoms with Gasteiger partial charge in [-0.1, -0.05) is 13.8 Å². The number of aliphatic hydroxyl groups is 1. The van der Waals surface area contributed by atoms with Gasteiger partial charge in [0, 0.05) is 24.2 Å². The van der Waals surface area contributed by atoms with Crippen molar-refractivity contribution in [2.75, 3.05) is 25.1 Å². The molecule has 0 saturated heterocycles. The number of aliphatic hydroxyl groups excluding tert-OH is 1. The predicted molar refractivity (Wildman–Crippen MR) is 73.7 cm³/mol. The summed E-state index contributed by atoms with van der Waals surface area (Å²) >= 11 is 1.64. The Labute approximate surface area is 108 Å². The Morgan fingerprint density at radius 3 is 2.94 bits per heavy atom. The third-order valence-corrected chi connectivity index (χ3v) is 3.13. The van der Waals surface area contributed by atoms with Crippen LogP contribution in [0.25, 0.3) is 0 Å². The zero-order valence-electron chi connectivity index (χ0n) is 10.7. The minimum absolute atomic E-state index is 0.412. The molecular weight excluding hydrogens is 234 g/mol. The normalized spacial score (nSPS) is 12.9. The van der Waals surface area contributed by atoms with Crippen LogP contribution in [0.15, 0.2) is 16.8 Å². The fourth-order valence-corrected chi connectivity index (χ4v) is 2.08. The maximum atomic E-state index is 9.67. The van der Waals surface area contributed by atoms with Crippen molar-refractivity contribution in [3.05, 3.63) is 16.8 Å². The third kappa shape index (κ3) is 7.36. The first kappa shape index (κ1) is 14.5. The van der Waals surface area contributed by atoms with Gasteiger partial charge in [-0.15, -0.1) is 0 Å². The van der Waals surface area contributed by atoms with Crippen LogP contribution in [0.3, 0.4) is 0 Å². The maximum absolute atomic E-state index is 9.67. The Balaban J connectivity index is 1.96. The summed E-state index contributed by atoms with van der Waals surface area (Å²) < 4.78 is 5.43. The van der Waals surface area contributed by atoms with Gasteiger partial charge >= 0.3 is 0 Å². The Morgan fingerprint density at radius 2 is 2.29 bits per heavy atom. The molecule has 3 nitrogen and oxygen atoms in total. The maximum Gasteiger partial charge on any atom is 0.0945 e. The Morgan fingerprint density at radius 1 is 1.47 bits per heavy atom. The molecule has 17 heavy (non-hydrogen) atoms. The minimum atomic E-state index is -0.436. The zero-order chi connectivity index (χ0) is 12.5. The summed E-state index contributed by atoms with van der Waals surface area (Å²) in [7, 11) is 0. The van der Waals surface area contributed by atoms with E-state index < -0.39 is 6.10 Å². The lowest BCUT2D eigenvalue weighted by Crippen LogP contribution is -2.24. The van der Waals surface area contributed by atoms with E-state index in [0.717, 1.165) is 24.6 Å². The van der Waals surface area contributed by atoms with Crippen molar-refractivity contribution in [2.24, 2.45) is 5.92 Å². The second kappa shape index (κ2) is 8.50. The SMILES string of the molecule is CC(C)CCCOCC(O)CNc1ccsc1. The molecular formula is C13H23NO2S. The fraction of sp³-hybridized carbons (Fsp3) is 0.692. The minimum Gasteiger partial charge on any atom is -0.389 e. The Bertz CT molecular complexity index is 275. The lowest BCUT2D eigenvalue weighted by Gasteiger charge is -2.12. The predicted octanol–water partition coefficient (Wildman–Crippen LogP) is 2.97. The first-order valence-electron chi connectivity index (χ1n) is 6.20. The molecule has 0 radical (unpaired) electrons. The number of ether oxygens (including phenoxy) is 1. The van der Waals surface area contributed by atoms with Crippen LogP contribution in [0, 0.1) is 5.92 Å². The van der Waals surface area contributed by atoms with Crippen molar-refractivity contribution >= 4 is 17.0 Å². The summed E-state index contributed by atoms with van der Waals surface area (Å²) in [5.74, 6) is 0.726. The van der Waals surface area contributed by atoms with Gasteiger partial charge in [0.15, 0.2) is 0 Å². The average molecular weight is 257 g/mol. The monoisotopic (exact) mass is 257 g/mol. The van der Waals surface area contributed by atoms with E-state index in [4.69, 9.17) is 4.74 Å². The molecule has 98 valence electrons. The number of rotatable bonds is 9. The Kier molecular flexibility index (Phi) is 7.24. The highest BCUT2D eigenvalue weighted by Gasteiger charge is 2.04. The molecule has 0 bridgehead atoms. The molecule has 1 rings (SSSR count). The van der Waals surface area contributed by atoms with Gasteiger partial charge in [-0.25, -0.2) is 0 Å². The molecule has 0 aliphatic carbocycles. The molecule has 0 aromatic carbocycles. The highest BCUT2D eigenvalue weighted by molar-refractivity contribution is 7.08. The van der Waals surface area contributed by atoms with Gasteiger partial charge in [0.25, 0.3) is 0 Å². The summed E-state index contributed by atoms with van der Waals surface area (Å²) in [6.45, 7) is 6.11. The first-order valence-corrected chi connectivity index (χ1v) is 7.14. The number of hydrogen-bond donors (Lipinski definition) is 2. The molecule has 0 saturated carbocycles. The van der Waals surface area contributed by atoms with Crippen LogP contribution >= 0.6 is 11.3 Å². The van der Waals surface area contributed by atoms with Crippen LogP contribution in [0.4, 0.5) is 5.69 Å². The van der Waals surface area contributed by atoms with E-state index in [-0.39, 0.29) is 0 Å². The molecule has 1 atom stereocenters. The van der Waals surface area contributed by atoms with Gasteiger partial charge in [0.1, 0.15) is 0 Å². The van der Waals surface area contributed by atoms with Crippen molar-refractivity contribution in [3.63, 3.8) is 0 Å². The largest absolute Gasteiger partial charge is 0.389 e. The van der Waals surface area contributed by atoms with Gasteiger partial charge < -0.3 is 15.2 Å². The van der Waals surface area contributed by atoms with E-state index in [1.807, 2.05) is 16.8 Å². The van der Waals surface area contributed by atoms with Crippen LogP contribution in [0.1, 0.15) is 26.7 Å². The van der Waals surface area contributed by atoms with Crippen LogP contribution in [0.5, 0.6) is 0 Å². The van der Waals surface area contributed by atoms with Gasteiger partial charge in [-0.2, -0.15) is 11.3 Å². The van der Waals surface area contributed by atoms with Gasteiger partial charge in [0.05, 0.1) is 12.7 Å². The Hall–Kier alpha value is -0.580. The van der Waals surface area contributed by atoms with Crippen molar-refractivity contribution in [2.45, 2.75) is 32.8 Å². The smallest absolute Gasteiger partial charge is 0.0945 e. The standard InChI is InChI=1S/C13H23NO2S/c1-11(2)4-3-6-16-9-13(15)8-14-12-5-7-17-10-12/h5,7,10-11,13-15H,3-4,6,8-9H2,1-2H3. The topological polar surface area (TPSA) is 41.5 Å². The second-order valence-electron chi connectivity index (χ2n) is 4.66. The van der Waals surface area contributed by atoms with Crippen LogP contribution in [-0.2, 0) is 4.74 Å². The number of hydrogen-bond acceptors (Lipinski definition) is 4. The average Bonchev–Trinajstić information content (AvgIpc) is 2.78. The van der Waals surface area contributed by atoms with Crippen LogP contribution in [-0.4, -0.2) is 31.0 Å². The van der Waals surface area contributed by atoms with Crippen LogP contribution < -0.4 is 5.32 Å². The molecule has 2 N–H and O–H groups in total. The van der Waals surface area contributed by atoms with Crippen molar-refractivity contribution in [3.8, 4) is 0 Å². The van der Waals surface area contributed by atoms with Crippen molar-refractivity contribution in [1.29, 1.82) is 0 Å². The fourth-order valence-electron chi connectivity index (χ4n) is 1.47. The quantitative estimate of drug-likeness (QED) is 0.668. The molecule has 1 aromatic heterocycles. The van der Waals surface area contributed by atoms with E-state index in [1.54, 1.807) is 11.3 Å². The second-order valence-corrected chi connectivity index (χ2v) is 5.44. The lowest BCUT2D eigenvalue weighted by atomic mass is 10.1. The third-order valence-electron chi connectivity index (χ3n) is 2.44. The molecule has 4 heteroatoms. The number of anilines is 1. The molecule has 0 fully saturated rings. The van der Waals surface area contributed by atoms with Gasteiger partial charge in [-0.3, -0.25) is 0 Å². The van der Waals surface area contributed by atoms with E-state index in [9.17, 15) is 5.11 Å². The summed E-state index contributed by atoms with van der Waals surface area (Å²) in [5, 5.41) is 16.9. The lowest BCUT2D eigenvalue weighted by molar-refractivity contribution is 0.0409. The summed E-state index contributed by atoms with van der Waals surface area (Å²) in [6, 6.07) is 2.00. The molecule has 0 spiro atoms. The summed E-state index contributed by atoms with van der Waals surface area (Å²) in [4.78, 5) is 0. The van der Waals surface area contributed by atoms with Crippen molar-refractivity contribution in [1.82, 2.24) is 0 Å². The van der Waals surface area contributed by atoms with E-state index >= 15 is 0 Å².